The monoisotopic (exact) mass is 367 g/mol. The van der Waals surface area contributed by atoms with Gasteiger partial charge in [-0.25, -0.2) is 0 Å². The van der Waals surface area contributed by atoms with Crippen LogP contribution in [0.4, 0.5) is 0 Å². The van der Waals surface area contributed by atoms with Crippen molar-refractivity contribution in [2.45, 2.75) is 37.5 Å². The van der Waals surface area contributed by atoms with Gasteiger partial charge in [0, 0.05) is 26.1 Å². The first kappa shape index (κ1) is 18.5. The van der Waals surface area contributed by atoms with E-state index < -0.39 is 5.60 Å². The molecule has 4 rings (SSSR count). The average Bonchev–Trinajstić information content (AvgIpc) is 3.55. The number of hydrogen-bond donors (Lipinski definition) is 1. The molecule has 2 aliphatic rings. The molecule has 1 aliphatic heterocycles. The summed E-state index contributed by atoms with van der Waals surface area (Å²) < 4.78 is 11.6. The molecule has 0 aromatic heterocycles. The molecule has 2 atom stereocenters. The Labute approximate surface area is 161 Å². The first-order valence-electron chi connectivity index (χ1n) is 9.91. The van der Waals surface area contributed by atoms with Crippen molar-refractivity contribution in [2.75, 3.05) is 26.8 Å². The third-order valence-electron chi connectivity index (χ3n) is 5.91. The van der Waals surface area contributed by atoms with E-state index in [0.717, 1.165) is 43.8 Å². The van der Waals surface area contributed by atoms with Crippen LogP contribution in [0.25, 0.3) is 0 Å². The summed E-state index contributed by atoms with van der Waals surface area (Å²) in [5, 5.41) is 11.7. The Balaban J connectivity index is 1.51. The van der Waals surface area contributed by atoms with Gasteiger partial charge in [-0.05, 0) is 36.0 Å². The van der Waals surface area contributed by atoms with E-state index in [1.54, 1.807) is 7.11 Å². The highest BCUT2D eigenvalue weighted by atomic mass is 16.5. The summed E-state index contributed by atoms with van der Waals surface area (Å²) in [6.45, 7) is 3.23. The predicted molar refractivity (Wildman–Crippen MR) is 106 cm³/mol. The quantitative estimate of drug-likeness (QED) is 0.815. The van der Waals surface area contributed by atoms with Gasteiger partial charge in [0.25, 0.3) is 0 Å². The Morgan fingerprint density at radius 1 is 1.11 bits per heavy atom. The summed E-state index contributed by atoms with van der Waals surface area (Å²) in [5.74, 6) is 1.15. The number of rotatable bonds is 7. The fraction of sp³-hybridized carbons (Fsp3) is 0.478. The second-order valence-corrected chi connectivity index (χ2v) is 7.83. The molecule has 0 radical (unpaired) electrons. The van der Waals surface area contributed by atoms with Gasteiger partial charge in [0.1, 0.15) is 5.75 Å². The van der Waals surface area contributed by atoms with Crippen molar-refractivity contribution in [3.8, 4) is 5.75 Å². The molecule has 2 fully saturated rings. The van der Waals surface area contributed by atoms with E-state index in [4.69, 9.17) is 9.47 Å². The molecule has 1 N–H and O–H groups in total. The third-order valence-corrected chi connectivity index (χ3v) is 5.91. The Morgan fingerprint density at radius 3 is 2.59 bits per heavy atom. The maximum absolute atomic E-state index is 11.7. The highest BCUT2D eigenvalue weighted by molar-refractivity contribution is 5.35. The van der Waals surface area contributed by atoms with Gasteiger partial charge in [-0.2, -0.15) is 0 Å². The summed E-state index contributed by atoms with van der Waals surface area (Å²) in [4.78, 5) is 2.40. The molecule has 2 aromatic carbocycles. The lowest BCUT2D eigenvalue weighted by Crippen LogP contribution is -2.56. The molecule has 0 bridgehead atoms. The number of ether oxygens (including phenoxy) is 2. The summed E-state index contributed by atoms with van der Waals surface area (Å²) in [7, 11) is 1.69. The lowest BCUT2D eigenvalue weighted by atomic mass is 9.83. The molecule has 1 heterocycles. The van der Waals surface area contributed by atoms with Crippen LogP contribution in [-0.4, -0.2) is 48.5 Å². The van der Waals surface area contributed by atoms with E-state index in [2.05, 4.69) is 35.2 Å². The van der Waals surface area contributed by atoms with Crippen LogP contribution >= 0.6 is 0 Å². The lowest BCUT2D eigenvalue weighted by Gasteiger charge is -2.42. The molecule has 144 valence electrons. The summed E-state index contributed by atoms with van der Waals surface area (Å²) in [6, 6.07) is 18.5. The van der Waals surface area contributed by atoms with E-state index in [1.807, 2.05) is 24.3 Å². The van der Waals surface area contributed by atoms with Crippen molar-refractivity contribution in [3.63, 3.8) is 0 Å². The van der Waals surface area contributed by atoms with Crippen LogP contribution in [0.2, 0.25) is 0 Å². The smallest absolute Gasteiger partial charge is 0.122 e. The average molecular weight is 367 g/mol. The van der Waals surface area contributed by atoms with E-state index >= 15 is 0 Å². The maximum Gasteiger partial charge on any atom is 0.122 e. The zero-order valence-corrected chi connectivity index (χ0v) is 16.0. The Hall–Kier alpha value is -1.88. The number of aliphatic hydroxyl groups is 1. The van der Waals surface area contributed by atoms with Crippen LogP contribution in [0.1, 0.15) is 24.0 Å². The van der Waals surface area contributed by atoms with Gasteiger partial charge in [0.15, 0.2) is 0 Å². The number of para-hydroxylation sites is 1. The highest BCUT2D eigenvalue weighted by Crippen LogP contribution is 2.45. The second-order valence-electron chi connectivity index (χ2n) is 7.83. The molecule has 1 unspecified atom stereocenters. The molecule has 0 amide bonds. The van der Waals surface area contributed by atoms with Crippen LogP contribution in [-0.2, 0) is 17.7 Å². The highest BCUT2D eigenvalue weighted by Gasteiger charge is 2.51. The molecule has 1 aliphatic carbocycles. The minimum absolute atomic E-state index is 0.174. The van der Waals surface area contributed by atoms with Crippen molar-refractivity contribution in [3.05, 3.63) is 65.7 Å². The lowest BCUT2D eigenvalue weighted by molar-refractivity contribution is -0.154. The van der Waals surface area contributed by atoms with E-state index in [1.165, 1.54) is 5.56 Å². The van der Waals surface area contributed by atoms with Crippen molar-refractivity contribution in [1.29, 1.82) is 0 Å². The largest absolute Gasteiger partial charge is 0.496 e. The van der Waals surface area contributed by atoms with E-state index in [9.17, 15) is 5.11 Å². The number of methoxy groups -OCH3 is 1. The summed E-state index contributed by atoms with van der Waals surface area (Å²) >= 11 is 0. The third kappa shape index (κ3) is 4.18. The summed E-state index contributed by atoms with van der Waals surface area (Å²) in [5.41, 5.74) is 1.51. The van der Waals surface area contributed by atoms with Crippen LogP contribution in [0.15, 0.2) is 54.6 Å². The Morgan fingerprint density at radius 2 is 1.85 bits per heavy atom. The zero-order valence-electron chi connectivity index (χ0n) is 16.0. The molecule has 1 saturated carbocycles. The van der Waals surface area contributed by atoms with Crippen molar-refractivity contribution >= 4 is 0 Å². The van der Waals surface area contributed by atoms with Gasteiger partial charge in [-0.3, -0.25) is 4.90 Å². The van der Waals surface area contributed by atoms with Gasteiger partial charge < -0.3 is 14.6 Å². The number of nitrogens with zero attached hydrogens (tertiary/aromatic N) is 1. The molecule has 4 nitrogen and oxygen atoms in total. The predicted octanol–water partition coefficient (Wildman–Crippen LogP) is 3.28. The van der Waals surface area contributed by atoms with Crippen molar-refractivity contribution in [1.82, 2.24) is 4.90 Å². The molecule has 1 saturated heterocycles. The van der Waals surface area contributed by atoms with Crippen molar-refractivity contribution < 1.29 is 14.6 Å². The van der Waals surface area contributed by atoms with Crippen molar-refractivity contribution in [2.24, 2.45) is 5.92 Å². The Kier molecular flexibility index (Phi) is 5.48. The summed E-state index contributed by atoms with van der Waals surface area (Å²) in [6.07, 6.45) is 2.55. The molecule has 0 spiro atoms. The molecule has 27 heavy (non-hydrogen) atoms. The fourth-order valence-corrected chi connectivity index (χ4v) is 4.25. The van der Waals surface area contributed by atoms with E-state index in [0.29, 0.717) is 18.9 Å². The first-order valence-corrected chi connectivity index (χ1v) is 9.91. The normalized spacial score (nSPS) is 23.0. The van der Waals surface area contributed by atoms with Gasteiger partial charge in [-0.15, -0.1) is 0 Å². The fourth-order valence-electron chi connectivity index (χ4n) is 4.25. The topological polar surface area (TPSA) is 41.9 Å². The molecule has 4 heteroatoms. The molecular weight excluding hydrogens is 338 g/mol. The number of hydrogen-bond acceptors (Lipinski definition) is 4. The van der Waals surface area contributed by atoms with Crippen LogP contribution < -0.4 is 4.74 Å². The standard InChI is InChI=1S/C23H29NO3/c1-26-21-10-6-5-9-19(21)15-23(25,20-11-12-20)22-17-24(13-14-27-22)16-18-7-3-2-4-8-18/h2-10,20,22,25H,11-17H2,1H3/t22?,23-/m0/s1. The minimum Gasteiger partial charge on any atom is -0.496 e. The number of morpholine rings is 1. The first-order chi connectivity index (χ1) is 13.2. The minimum atomic E-state index is -0.843. The van der Waals surface area contributed by atoms with Crippen LogP contribution in [0.3, 0.4) is 0 Å². The van der Waals surface area contributed by atoms with Gasteiger partial charge in [0.2, 0.25) is 0 Å². The van der Waals surface area contributed by atoms with Crippen LogP contribution in [0.5, 0.6) is 5.75 Å². The molecule has 2 aromatic rings. The second kappa shape index (κ2) is 8.01. The van der Waals surface area contributed by atoms with Crippen LogP contribution in [0, 0.1) is 5.92 Å². The number of benzene rings is 2. The van der Waals surface area contributed by atoms with Gasteiger partial charge in [0.05, 0.1) is 25.4 Å². The zero-order chi connectivity index (χ0) is 18.7. The maximum atomic E-state index is 11.7. The van der Waals surface area contributed by atoms with E-state index in [-0.39, 0.29) is 6.10 Å². The van der Waals surface area contributed by atoms with Gasteiger partial charge in [-0.1, -0.05) is 48.5 Å². The SMILES string of the molecule is COc1ccccc1C[C@](O)(C1CC1)C1CN(Cc2ccccc2)CCO1. The molecular formula is C23H29NO3. The van der Waals surface area contributed by atoms with Gasteiger partial charge >= 0.3 is 0 Å². The Bertz CT molecular complexity index is 746.